The second-order valence-corrected chi connectivity index (χ2v) is 4.34. The summed E-state index contributed by atoms with van der Waals surface area (Å²) in [7, 11) is 1.65. The van der Waals surface area contributed by atoms with Crippen LogP contribution < -0.4 is 10.1 Å². The molecule has 0 bridgehead atoms. The first-order valence-corrected chi connectivity index (χ1v) is 6.14. The molecule has 0 saturated carbocycles. The number of fused-ring (bicyclic) bond motifs is 1. The highest BCUT2D eigenvalue weighted by molar-refractivity contribution is 5.80. The van der Waals surface area contributed by atoms with E-state index in [1.807, 2.05) is 18.2 Å². The summed E-state index contributed by atoms with van der Waals surface area (Å²) < 4.78 is 11.2. The van der Waals surface area contributed by atoms with E-state index < -0.39 is 0 Å². The Hall–Kier alpha value is -1.65. The van der Waals surface area contributed by atoms with E-state index in [1.165, 1.54) is 0 Å². The van der Waals surface area contributed by atoms with Crippen LogP contribution in [0.4, 0.5) is 0 Å². The minimum atomic E-state index is 0.0193. The van der Waals surface area contributed by atoms with Gasteiger partial charge in [-0.05, 0) is 12.1 Å². The summed E-state index contributed by atoms with van der Waals surface area (Å²) in [5, 5.41) is 4.44. The van der Waals surface area contributed by atoms with Gasteiger partial charge in [0.1, 0.15) is 6.10 Å². The van der Waals surface area contributed by atoms with Crippen molar-refractivity contribution in [3.8, 4) is 5.88 Å². The minimum Gasteiger partial charge on any atom is -0.481 e. The van der Waals surface area contributed by atoms with E-state index in [9.17, 15) is 0 Å². The van der Waals surface area contributed by atoms with E-state index in [0.717, 1.165) is 36.2 Å². The molecule has 2 aromatic rings. The van der Waals surface area contributed by atoms with Gasteiger partial charge in [0.25, 0.3) is 0 Å². The molecule has 1 aliphatic rings. The van der Waals surface area contributed by atoms with Crippen molar-refractivity contribution in [3.63, 3.8) is 0 Å². The number of hydrogen-bond donors (Lipinski definition) is 1. The highest BCUT2D eigenvalue weighted by atomic mass is 16.5. The molecular weight excluding hydrogens is 228 g/mol. The molecule has 1 aromatic carbocycles. The summed E-state index contributed by atoms with van der Waals surface area (Å²) in [5.74, 6) is 0.655. The number of para-hydroxylation sites is 1. The number of morpholine rings is 1. The lowest BCUT2D eigenvalue weighted by Crippen LogP contribution is -2.33. The molecule has 1 atom stereocenters. The fourth-order valence-electron chi connectivity index (χ4n) is 2.27. The topological polar surface area (TPSA) is 43.4 Å². The van der Waals surface area contributed by atoms with Crippen LogP contribution in [0.5, 0.6) is 5.88 Å². The molecular formula is C14H16N2O2. The minimum absolute atomic E-state index is 0.0193. The van der Waals surface area contributed by atoms with Gasteiger partial charge >= 0.3 is 0 Å². The lowest BCUT2D eigenvalue weighted by atomic mass is 10.1. The van der Waals surface area contributed by atoms with Gasteiger partial charge in [0.05, 0.1) is 19.2 Å². The molecule has 0 radical (unpaired) electrons. The van der Waals surface area contributed by atoms with Gasteiger partial charge in [-0.25, -0.2) is 4.98 Å². The highest BCUT2D eigenvalue weighted by Gasteiger charge is 2.21. The Bertz CT molecular complexity index is 550. The second-order valence-electron chi connectivity index (χ2n) is 4.34. The van der Waals surface area contributed by atoms with E-state index >= 15 is 0 Å². The third kappa shape index (κ3) is 2.05. The maximum atomic E-state index is 5.77. The summed E-state index contributed by atoms with van der Waals surface area (Å²) in [6.45, 7) is 2.43. The van der Waals surface area contributed by atoms with Crippen LogP contribution >= 0.6 is 0 Å². The molecule has 4 heteroatoms. The Kier molecular flexibility index (Phi) is 3.13. The summed E-state index contributed by atoms with van der Waals surface area (Å²) in [6.07, 6.45) is 0.0193. The van der Waals surface area contributed by atoms with E-state index in [0.29, 0.717) is 5.88 Å². The van der Waals surface area contributed by atoms with Crippen molar-refractivity contribution < 1.29 is 9.47 Å². The maximum absolute atomic E-state index is 5.77. The molecule has 0 aliphatic carbocycles. The first-order chi connectivity index (χ1) is 8.88. The van der Waals surface area contributed by atoms with Gasteiger partial charge in [0.2, 0.25) is 5.88 Å². The van der Waals surface area contributed by atoms with E-state index in [2.05, 4.69) is 22.4 Å². The average molecular weight is 244 g/mol. The Morgan fingerprint density at radius 3 is 3.06 bits per heavy atom. The standard InChI is InChI=1S/C14H16N2O2/c1-17-14-11(13-9-15-6-7-18-13)8-10-4-2-3-5-12(10)16-14/h2-5,8,13,15H,6-7,9H2,1H3. The molecule has 1 saturated heterocycles. The lowest BCUT2D eigenvalue weighted by molar-refractivity contribution is 0.0260. The van der Waals surface area contributed by atoms with Gasteiger partial charge < -0.3 is 14.8 Å². The van der Waals surface area contributed by atoms with E-state index in [4.69, 9.17) is 9.47 Å². The Morgan fingerprint density at radius 1 is 1.39 bits per heavy atom. The van der Waals surface area contributed by atoms with Crippen LogP contribution in [-0.2, 0) is 4.74 Å². The fourth-order valence-corrected chi connectivity index (χ4v) is 2.27. The average Bonchev–Trinajstić information content (AvgIpc) is 2.46. The first kappa shape index (κ1) is 11.4. The fraction of sp³-hybridized carbons (Fsp3) is 0.357. The molecule has 94 valence electrons. The van der Waals surface area contributed by atoms with Gasteiger partial charge in [-0.2, -0.15) is 0 Å². The van der Waals surface area contributed by atoms with Crippen LogP contribution in [0.2, 0.25) is 0 Å². The van der Waals surface area contributed by atoms with Crippen LogP contribution in [0.1, 0.15) is 11.7 Å². The summed E-state index contributed by atoms with van der Waals surface area (Å²) in [4.78, 5) is 4.54. The maximum Gasteiger partial charge on any atom is 0.219 e. The molecule has 1 aromatic heterocycles. The van der Waals surface area contributed by atoms with Gasteiger partial charge in [-0.3, -0.25) is 0 Å². The largest absolute Gasteiger partial charge is 0.481 e. The summed E-state index contributed by atoms with van der Waals surface area (Å²) >= 11 is 0. The zero-order chi connectivity index (χ0) is 12.4. The number of nitrogens with one attached hydrogen (secondary N) is 1. The van der Waals surface area contributed by atoms with Crippen LogP contribution in [0.25, 0.3) is 10.9 Å². The van der Waals surface area contributed by atoms with Crippen LogP contribution in [0.3, 0.4) is 0 Å². The Balaban J connectivity index is 2.08. The predicted molar refractivity (Wildman–Crippen MR) is 69.9 cm³/mol. The number of aromatic nitrogens is 1. The summed E-state index contributed by atoms with van der Waals surface area (Å²) in [5.41, 5.74) is 1.96. The summed E-state index contributed by atoms with van der Waals surface area (Å²) in [6, 6.07) is 10.1. The smallest absolute Gasteiger partial charge is 0.219 e. The zero-order valence-corrected chi connectivity index (χ0v) is 10.3. The molecule has 1 fully saturated rings. The number of pyridine rings is 1. The molecule has 1 unspecified atom stereocenters. The number of benzene rings is 1. The Labute approximate surface area is 106 Å². The molecule has 1 N–H and O–H groups in total. The van der Waals surface area contributed by atoms with Crippen LogP contribution in [-0.4, -0.2) is 31.8 Å². The number of ether oxygens (including phenoxy) is 2. The molecule has 18 heavy (non-hydrogen) atoms. The van der Waals surface area contributed by atoms with Gasteiger partial charge in [0.15, 0.2) is 0 Å². The number of methoxy groups -OCH3 is 1. The van der Waals surface area contributed by atoms with Gasteiger partial charge in [-0.15, -0.1) is 0 Å². The SMILES string of the molecule is COc1nc2ccccc2cc1C1CNCCO1. The van der Waals surface area contributed by atoms with Crippen molar-refractivity contribution in [2.75, 3.05) is 26.8 Å². The Morgan fingerprint density at radius 2 is 2.28 bits per heavy atom. The highest BCUT2D eigenvalue weighted by Crippen LogP contribution is 2.29. The van der Waals surface area contributed by atoms with Crippen molar-refractivity contribution in [1.29, 1.82) is 0 Å². The normalized spacial score (nSPS) is 19.9. The number of nitrogens with zero attached hydrogens (tertiary/aromatic N) is 1. The van der Waals surface area contributed by atoms with Crippen molar-refractivity contribution in [2.45, 2.75) is 6.10 Å². The zero-order valence-electron chi connectivity index (χ0n) is 10.3. The molecule has 0 amide bonds. The van der Waals surface area contributed by atoms with Crippen molar-refractivity contribution in [2.24, 2.45) is 0 Å². The molecule has 4 nitrogen and oxygen atoms in total. The predicted octanol–water partition coefficient (Wildman–Crippen LogP) is 1.90. The van der Waals surface area contributed by atoms with Crippen molar-refractivity contribution >= 4 is 10.9 Å². The number of hydrogen-bond acceptors (Lipinski definition) is 4. The monoisotopic (exact) mass is 244 g/mol. The van der Waals surface area contributed by atoms with E-state index in [1.54, 1.807) is 7.11 Å². The van der Waals surface area contributed by atoms with Crippen molar-refractivity contribution in [3.05, 3.63) is 35.9 Å². The molecule has 0 spiro atoms. The van der Waals surface area contributed by atoms with E-state index in [-0.39, 0.29) is 6.10 Å². The third-order valence-electron chi connectivity index (χ3n) is 3.18. The molecule has 2 heterocycles. The molecule has 1 aliphatic heterocycles. The second kappa shape index (κ2) is 4.92. The van der Waals surface area contributed by atoms with Crippen molar-refractivity contribution in [1.82, 2.24) is 10.3 Å². The lowest BCUT2D eigenvalue weighted by Gasteiger charge is -2.25. The third-order valence-corrected chi connectivity index (χ3v) is 3.18. The van der Waals surface area contributed by atoms with Gasteiger partial charge in [-0.1, -0.05) is 18.2 Å². The first-order valence-electron chi connectivity index (χ1n) is 6.14. The van der Waals surface area contributed by atoms with Crippen LogP contribution in [0.15, 0.2) is 30.3 Å². The van der Waals surface area contributed by atoms with Gasteiger partial charge in [0, 0.05) is 24.0 Å². The molecule has 3 rings (SSSR count). The number of rotatable bonds is 2. The van der Waals surface area contributed by atoms with Crippen LogP contribution in [0, 0.1) is 0 Å². The quantitative estimate of drug-likeness (QED) is 0.876.